The zero-order valence-electron chi connectivity index (χ0n) is 9.34. The molecule has 16 heavy (non-hydrogen) atoms. The van der Waals surface area contributed by atoms with Gasteiger partial charge in [-0.3, -0.25) is 4.79 Å². The van der Waals surface area contributed by atoms with Crippen molar-refractivity contribution in [3.63, 3.8) is 0 Å². The first-order chi connectivity index (χ1) is 7.47. The van der Waals surface area contributed by atoms with Crippen LogP contribution in [-0.4, -0.2) is 11.8 Å². The molecule has 0 saturated heterocycles. The van der Waals surface area contributed by atoms with Crippen LogP contribution in [0.4, 0.5) is 8.78 Å². The SMILES string of the molecule is CCC(C)C(N)C(=O)c1ccc(F)cc1F. The summed E-state index contributed by atoms with van der Waals surface area (Å²) in [6.45, 7) is 3.73. The predicted octanol–water partition coefficient (Wildman–Crippen LogP) is 2.52. The molecule has 4 heteroatoms. The van der Waals surface area contributed by atoms with Crippen LogP contribution in [0.25, 0.3) is 0 Å². The van der Waals surface area contributed by atoms with Gasteiger partial charge in [0.1, 0.15) is 11.6 Å². The first kappa shape index (κ1) is 12.8. The van der Waals surface area contributed by atoms with Crippen LogP contribution in [0.1, 0.15) is 30.6 Å². The molecule has 0 aliphatic carbocycles. The summed E-state index contributed by atoms with van der Waals surface area (Å²) in [4.78, 5) is 11.8. The molecule has 0 aromatic heterocycles. The number of benzene rings is 1. The summed E-state index contributed by atoms with van der Waals surface area (Å²) in [6.07, 6.45) is 0.732. The predicted molar refractivity (Wildman–Crippen MR) is 58.1 cm³/mol. The highest BCUT2D eigenvalue weighted by Crippen LogP contribution is 2.15. The van der Waals surface area contributed by atoms with E-state index in [-0.39, 0.29) is 11.5 Å². The van der Waals surface area contributed by atoms with E-state index in [4.69, 9.17) is 5.73 Å². The highest BCUT2D eigenvalue weighted by Gasteiger charge is 2.23. The zero-order chi connectivity index (χ0) is 12.3. The maximum atomic E-state index is 13.3. The van der Waals surface area contributed by atoms with Gasteiger partial charge in [-0.05, 0) is 18.1 Å². The van der Waals surface area contributed by atoms with E-state index in [1.54, 1.807) is 0 Å². The minimum absolute atomic E-state index is 0.0306. The first-order valence-electron chi connectivity index (χ1n) is 5.22. The fourth-order valence-corrected chi connectivity index (χ4v) is 1.38. The minimum atomic E-state index is -0.858. The number of Topliss-reactive ketones (excluding diaryl/α,β-unsaturated/α-hetero) is 1. The Hall–Kier alpha value is -1.29. The van der Waals surface area contributed by atoms with Crippen molar-refractivity contribution >= 4 is 5.78 Å². The highest BCUT2D eigenvalue weighted by atomic mass is 19.1. The van der Waals surface area contributed by atoms with Crippen molar-refractivity contribution in [3.05, 3.63) is 35.4 Å². The number of carbonyl (C=O) groups is 1. The molecule has 2 nitrogen and oxygen atoms in total. The third-order valence-electron chi connectivity index (χ3n) is 2.76. The summed E-state index contributed by atoms with van der Waals surface area (Å²) in [5.41, 5.74) is 5.56. The number of halogens is 2. The van der Waals surface area contributed by atoms with Crippen LogP contribution < -0.4 is 5.73 Å². The number of hydrogen-bond acceptors (Lipinski definition) is 2. The van der Waals surface area contributed by atoms with Gasteiger partial charge < -0.3 is 5.73 Å². The Bertz CT molecular complexity index is 393. The maximum Gasteiger partial charge on any atom is 0.182 e. The first-order valence-corrected chi connectivity index (χ1v) is 5.22. The van der Waals surface area contributed by atoms with Crippen LogP contribution in [0.15, 0.2) is 18.2 Å². The quantitative estimate of drug-likeness (QED) is 0.803. The van der Waals surface area contributed by atoms with E-state index in [0.717, 1.165) is 18.6 Å². The molecule has 0 radical (unpaired) electrons. The number of carbonyl (C=O) groups excluding carboxylic acids is 1. The Morgan fingerprint density at radius 2 is 2.06 bits per heavy atom. The van der Waals surface area contributed by atoms with Crippen LogP contribution in [0.2, 0.25) is 0 Å². The second kappa shape index (κ2) is 5.16. The van der Waals surface area contributed by atoms with E-state index >= 15 is 0 Å². The molecule has 0 aliphatic heterocycles. The zero-order valence-corrected chi connectivity index (χ0v) is 9.34. The van der Waals surface area contributed by atoms with Gasteiger partial charge in [0.15, 0.2) is 5.78 Å². The van der Waals surface area contributed by atoms with Gasteiger partial charge in [0.05, 0.1) is 11.6 Å². The molecule has 2 N–H and O–H groups in total. The van der Waals surface area contributed by atoms with Crippen molar-refractivity contribution in [2.75, 3.05) is 0 Å². The molecule has 2 atom stereocenters. The van der Waals surface area contributed by atoms with Crippen molar-refractivity contribution < 1.29 is 13.6 Å². The lowest BCUT2D eigenvalue weighted by Crippen LogP contribution is -2.37. The lowest BCUT2D eigenvalue weighted by Gasteiger charge is -2.17. The van der Waals surface area contributed by atoms with Gasteiger partial charge in [0, 0.05) is 6.07 Å². The lowest BCUT2D eigenvalue weighted by atomic mass is 9.92. The molecule has 0 saturated carbocycles. The van der Waals surface area contributed by atoms with Gasteiger partial charge >= 0.3 is 0 Å². The van der Waals surface area contributed by atoms with Crippen LogP contribution >= 0.6 is 0 Å². The monoisotopic (exact) mass is 227 g/mol. The molecule has 0 aliphatic rings. The topological polar surface area (TPSA) is 43.1 Å². The number of hydrogen-bond donors (Lipinski definition) is 1. The molecule has 0 fully saturated rings. The minimum Gasteiger partial charge on any atom is -0.321 e. The molecule has 2 unspecified atom stereocenters. The molecular weight excluding hydrogens is 212 g/mol. The van der Waals surface area contributed by atoms with Crippen molar-refractivity contribution in [1.82, 2.24) is 0 Å². The highest BCUT2D eigenvalue weighted by molar-refractivity contribution is 6.00. The largest absolute Gasteiger partial charge is 0.321 e. The molecule has 1 rings (SSSR count). The normalized spacial score (nSPS) is 14.6. The van der Waals surface area contributed by atoms with E-state index in [0.29, 0.717) is 6.07 Å². The summed E-state index contributed by atoms with van der Waals surface area (Å²) >= 11 is 0. The maximum absolute atomic E-state index is 13.3. The van der Waals surface area contributed by atoms with E-state index in [1.165, 1.54) is 0 Å². The average molecular weight is 227 g/mol. The molecule has 0 spiro atoms. The van der Waals surface area contributed by atoms with Gasteiger partial charge in [-0.25, -0.2) is 8.78 Å². The standard InChI is InChI=1S/C12H15F2NO/c1-3-7(2)11(15)12(16)9-5-4-8(13)6-10(9)14/h4-7,11H,3,15H2,1-2H3. The Kier molecular flexibility index (Phi) is 4.12. The smallest absolute Gasteiger partial charge is 0.182 e. The number of nitrogens with two attached hydrogens (primary N) is 1. The third-order valence-corrected chi connectivity index (χ3v) is 2.76. The summed E-state index contributed by atoms with van der Waals surface area (Å²) < 4.78 is 26.0. The molecule has 0 amide bonds. The molecular formula is C12H15F2NO. The molecule has 1 aromatic rings. The number of rotatable bonds is 4. The Labute approximate surface area is 93.5 Å². The molecule has 0 bridgehead atoms. The van der Waals surface area contributed by atoms with Gasteiger partial charge in [0.2, 0.25) is 0 Å². The van der Waals surface area contributed by atoms with Crippen molar-refractivity contribution in [2.45, 2.75) is 26.3 Å². The Morgan fingerprint density at radius 1 is 1.44 bits per heavy atom. The summed E-state index contributed by atoms with van der Waals surface area (Å²) in [7, 11) is 0. The molecule has 1 aromatic carbocycles. The average Bonchev–Trinajstić information content (AvgIpc) is 2.26. The van der Waals surface area contributed by atoms with E-state index in [1.807, 2.05) is 13.8 Å². The van der Waals surface area contributed by atoms with E-state index in [9.17, 15) is 13.6 Å². The summed E-state index contributed by atoms with van der Waals surface area (Å²) in [6, 6.07) is 2.14. The Balaban J connectivity index is 2.96. The third kappa shape index (κ3) is 2.64. The lowest BCUT2D eigenvalue weighted by molar-refractivity contribution is 0.0931. The van der Waals surface area contributed by atoms with Gasteiger partial charge in [-0.1, -0.05) is 20.3 Å². The molecule has 88 valence electrons. The summed E-state index contributed by atoms with van der Waals surface area (Å²) in [5.74, 6) is -2.07. The summed E-state index contributed by atoms with van der Waals surface area (Å²) in [5, 5.41) is 0. The second-order valence-electron chi connectivity index (χ2n) is 3.90. The molecule has 0 heterocycles. The Morgan fingerprint density at radius 3 is 2.56 bits per heavy atom. The van der Waals surface area contributed by atoms with E-state index in [2.05, 4.69) is 0 Å². The second-order valence-corrected chi connectivity index (χ2v) is 3.90. The van der Waals surface area contributed by atoms with Crippen molar-refractivity contribution in [3.8, 4) is 0 Å². The van der Waals surface area contributed by atoms with E-state index < -0.39 is 23.5 Å². The van der Waals surface area contributed by atoms with Crippen LogP contribution in [-0.2, 0) is 0 Å². The number of ketones is 1. The van der Waals surface area contributed by atoms with Gasteiger partial charge in [-0.2, -0.15) is 0 Å². The fraction of sp³-hybridized carbons (Fsp3) is 0.417. The van der Waals surface area contributed by atoms with Crippen LogP contribution in [0.5, 0.6) is 0 Å². The van der Waals surface area contributed by atoms with Crippen LogP contribution in [0.3, 0.4) is 0 Å². The van der Waals surface area contributed by atoms with Crippen LogP contribution in [0, 0.1) is 17.6 Å². The van der Waals surface area contributed by atoms with Gasteiger partial charge in [0.25, 0.3) is 0 Å². The van der Waals surface area contributed by atoms with Crippen molar-refractivity contribution in [2.24, 2.45) is 11.7 Å². The van der Waals surface area contributed by atoms with Gasteiger partial charge in [-0.15, -0.1) is 0 Å². The van der Waals surface area contributed by atoms with Crippen molar-refractivity contribution in [1.29, 1.82) is 0 Å². The fourth-order valence-electron chi connectivity index (χ4n) is 1.38.